The Labute approximate surface area is 173 Å². The molecule has 5 aromatic rings. The van der Waals surface area contributed by atoms with Crippen LogP contribution in [-0.4, -0.2) is 10.9 Å². The van der Waals surface area contributed by atoms with Crippen molar-refractivity contribution in [1.82, 2.24) is 5.16 Å². The molecule has 1 aromatic heterocycles. The van der Waals surface area contributed by atoms with E-state index in [1.54, 1.807) is 0 Å². The second-order valence-electron chi connectivity index (χ2n) is 7.53. The molecule has 0 saturated carbocycles. The molecule has 0 saturated heterocycles. The number of carbonyl (C=O) groups excluding carboxylic acids is 1. The zero-order chi connectivity index (χ0) is 20.7. The fourth-order valence-electron chi connectivity index (χ4n) is 4.01. The summed E-state index contributed by atoms with van der Waals surface area (Å²) in [4.78, 5) is 13.0. The van der Waals surface area contributed by atoms with Gasteiger partial charge in [-0.15, -0.1) is 0 Å². The van der Waals surface area contributed by atoms with E-state index in [0.29, 0.717) is 17.8 Å². The van der Waals surface area contributed by atoms with E-state index < -0.39 is 0 Å². The summed E-state index contributed by atoms with van der Waals surface area (Å²) in [7, 11) is 0. The smallest absolute Gasteiger partial charge is 0.175 e. The summed E-state index contributed by atoms with van der Waals surface area (Å²) in [6.45, 7) is 1.97. The number of anilines is 1. The van der Waals surface area contributed by atoms with Gasteiger partial charge in [0.1, 0.15) is 0 Å². The van der Waals surface area contributed by atoms with E-state index in [2.05, 4.69) is 11.2 Å². The molecule has 0 bridgehead atoms. The van der Waals surface area contributed by atoms with Gasteiger partial charge in [-0.25, -0.2) is 0 Å². The van der Waals surface area contributed by atoms with E-state index in [-0.39, 0.29) is 5.78 Å². The molecule has 146 valence electrons. The molecule has 0 aliphatic rings. The van der Waals surface area contributed by atoms with Gasteiger partial charge in [-0.3, -0.25) is 4.79 Å². The van der Waals surface area contributed by atoms with Crippen molar-refractivity contribution in [2.24, 2.45) is 0 Å². The lowest BCUT2D eigenvalue weighted by molar-refractivity contribution is 0.0994. The third-order valence-corrected chi connectivity index (χ3v) is 5.55. The zero-order valence-electron chi connectivity index (χ0n) is 16.6. The van der Waals surface area contributed by atoms with Gasteiger partial charge in [0.15, 0.2) is 17.2 Å². The van der Waals surface area contributed by atoms with Gasteiger partial charge in [0, 0.05) is 12.0 Å². The van der Waals surface area contributed by atoms with Crippen molar-refractivity contribution in [2.45, 2.75) is 13.3 Å². The van der Waals surface area contributed by atoms with Gasteiger partial charge in [-0.2, -0.15) is 0 Å². The number of nitrogens with two attached hydrogens (primary N) is 1. The number of hydrogen-bond donors (Lipinski definition) is 1. The Hall–Kier alpha value is -3.92. The highest BCUT2D eigenvalue weighted by atomic mass is 16.5. The lowest BCUT2D eigenvalue weighted by Crippen LogP contribution is -2.04. The van der Waals surface area contributed by atoms with Crippen molar-refractivity contribution in [1.29, 1.82) is 0 Å². The molecular weight excluding hydrogens is 372 g/mol. The number of nitrogens with zero attached hydrogens (tertiary/aromatic N) is 1. The van der Waals surface area contributed by atoms with Crippen molar-refractivity contribution in [3.8, 4) is 11.1 Å². The summed E-state index contributed by atoms with van der Waals surface area (Å²) >= 11 is 0. The van der Waals surface area contributed by atoms with Crippen LogP contribution in [0.25, 0.3) is 32.9 Å². The molecule has 0 aliphatic carbocycles. The van der Waals surface area contributed by atoms with Crippen molar-refractivity contribution in [3.63, 3.8) is 0 Å². The molecule has 0 unspecified atom stereocenters. The summed E-state index contributed by atoms with van der Waals surface area (Å²) in [6, 6.07) is 25.9. The molecule has 1 heterocycles. The van der Waals surface area contributed by atoms with Gasteiger partial charge in [0.05, 0.1) is 5.39 Å². The first-order chi connectivity index (χ1) is 14.6. The van der Waals surface area contributed by atoms with Crippen LogP contribution < -0.4 is 5.73 Å². The lowest BCUT2D eigenvalue weighted by Gasteiger charge is -2.10. The Bertz CT molecular complexity index is 1400. The molecule has 0 spiro atoms. The second kappa shape index (κ2) is 7.16. The summed E-state index contributed by atoms with van der Waals surface area (Å²) in [5, 5.41) is 6.72. The number of aryl methyl sites for hydroxylation is 1. The van der Waals surface area contributed by atoms with Gasteiger partial charge in [0.25, 0.3) is 0 Å². The largest absolute Gasteiger partial charge is 0.380 e. The minimum Gasteiger partial charge on any atom is -0.380 e. The fourth-order valence-corrected chi connectivity index (χ4v) is 4.01. The van der Waals surface area contributed by atoms with Crippen LogP contribution in [0.1, 0.15) is 21.5 Å². The number of fused-ring (bicyclic) bond motifs is 2. The quantitative estimate of drug-likeness (QED) is 0.383. The first-order valence-corrected chi connectivity index (χ1v) is 9.86. The standard InChI is InChI=1S/C26H20N2O2/c1-16-10-12-21(24-25(16)30-28-26(24)27)19-11-13-20-18(15-19)8-5-9-22(20)23(29)14-17-6-3-2-4-7-17/h2-13,15H,14H2,1H3,(H2,27,28). The van der Waals surface area contributed by atoms with Crippen LogP contribution in [0.5, 0.6) is 0 Å². The third kappa shape index (κ3) is 3.03. The van der Waals surface area contributed by atoms with Crippen molar-refractivity contribution >= 4 is 33.3 Å². The minimum atomic E-state index is 0.112. The van der Waals surface area contributed by atoms with Gasteiger partial charge >= 0.3 is 0 Å². The second-order valence-corrected chi connectivity index (χ2v) is 7.53. The van der Waals surface area contributed by atoms with Crippen LogP contribution in [0.2, 0.25) is 0 Å². The van der Waals surface area contributed by atoms with Crippen LogP contribution in [0.4, 0.5) is 5.82 Å². The summed E-state index contributed by atoms with van der Waals surface area (Å²) in [6.07, 6.45) is 0.386. The predicted molar refractivity (Wildman–Crippen MR) is 121 cm³/mol. The van der Waals surface area contributed by atoms with E-state index >= 15 is 0 Å². The number of Topliss-reactive ketones (excluding diaryl/α,β-unsaturated/α-hetero) is 1. The maximum Gasteiger partial charge on any atom is 0.175 e. The molecule has 4 aromatic carbocycles. The highest BCUT2D eigenvalue weighted by Crippen LogP contribution is 2.36. The van der Waals surface area contributed by atoms with Crippen LogP contribution >= 0.6 is 0 Å². The fraction of sp³-hybridized carbons (Fsp3) is 0.0769. The minimum absolute atomic E-state index is 0.112. The maximum atomic E-state index is 13.0. The van der Waals surface area contributed by atoms with Gasteiger partial charge in [-0.05, 0) is 46.0 Å². The number of rotatable bonds is 4. The molecule has 4 nitrogen and oxygen atoms in total. The summed E-state index contributed by atoms with van der Waals surface area (Å²) < 4.78 is 5.42. The number of aromatic nitrogens is 1. The maximum absolute atomic E-state index is 13.0. The van der Waals surface area contributed by atoms with E-state index in [4.69, 9.17) is 10.3 Å². The average Bonchev–Trinajstić information content (AvgIpc) is 3.16. The normalized spacial score (nSPS) is 11.2. The topological polar surface area (TPSA) is 69.1 Å². The SMILES string of the molecule is Cc1ccc(-c2ccc3c(C(=O)Cc4ccccc4)cccc3c2)c2c(N)noc12. The number of carbonyl (C=O) groups is 1. The summed E-state index contributed by atoms with van der Waals surface area (Å²) in [5.41, 5.74) is 11.5. The van der Waals surface area contributed by atoms with E-state index in [1.807, 2.05) is 79.7 Å². The van der Waals surface area contributed by atoms with Gasteiger partial charge in [-0.1, -0.05) is 78.0 Å². The van der Waals surface area contributed by atoms with Crippen molar-refractivity contribution < 1.29 is 9.32 Å². The van der Waals surface area contributed by atoms with Crippen molar-refractivity contribution in [2.75, 3.05) is 5.73 Å². The highest BCUT2D eigenvalue weighted by molar-refractivity contribution is 6.10. The van der Waals surface area contributed by atoms with Gasteiger partial charge < -0.3 is 10.3 Å². The molecule has 0 radical (unpaired) electrons. The Balaban J connectivity index is 1.59. The van der Waals surface area contributed by atoms with Gasteiger partial charge in [0.2, 0.25) is 0 Å². The van der Waals surface area contributed by atoms with E-state index in [1.165, 1.54) is 0 Å². The van der Waals surface area contributed by atoms with Crippen LogP contribution in [0.15, 0.2) is 83.4 Å². The monoisotopic (exact) mass is 392 g/mol. The zero-order valence-corrected chi connectivity index (χ0v) is 16.6. The van der Waals surface area contributed by atoms with Crippen LogP contribution in [-0.2, 0) is 6.42 Å². The Kier molecular flexibility index (Phi) is 4.32. The highest BCUT2D eigenvalue weighted by Gasteiger charge is 2.16. The molecule has 2 N–H and O–H groups in total. The van der Waals surface area contributed by atoms with E-state index in [0.717, 1.165) is 44.0 Å². The molecule has 0 fully saturated rings. The molecule has 5 rings (SSSR count). The Morgan fingerprint density at radius 1 is 0.967 bits per heavy atom. The molecule has 0 amide bonds. The Morgan fingerprint density at radius 3 is 2.63 bits per heavy atom. The van der Waals surface area contributed by atoms with Crippen molar-refractivity contribution in [3.05, 3.63) is 95.6 Å². The molecular formula is C26H20N2O2. The third-order valence-electron chi connectivity index (χ3n) is 5.55. The Morgan fingerprint density at radius 2 is 1.80 bits per heavy atom. The molecule has 0 atom stereocenters. The molecule has 0 aliphatic heterocycles. The average molecular weight is 392 g/mol. The van der Waals surface area contributed by atoms with E-state index in [9.17, 15) is 4.79 Å². The molecule has 4 heteroatoms. The number of benzene rings is 4. The summed E-state index contributed by atoms with van der Waals surface area (Å²) in [5.74, 6) is 0.496. The van der Waals surface area contributed by atoms with Crippen LogP contribution in [0.3, 0.4) is 0 Å². The number of nitrogen functional groups attached to an aromatic ring is 1. The van der Waals surface area contributed by atoms with Crippen LogP contribution in [0, 0.1) is 6.92 Å². The number of hydrogen-bond acceptors (Lipinski definition) is 4. The first kappa shape index (κ1) is 18.1. The predicted octanol–water partition coefficient (Wildman–Crippen LogP) is 5.96. The lowest BCUT2D eigenvalue weighted by atomic mass is 9.93. The first-order valence-electron chi connectivity index (χ1n) is 9.86. The molecule has 30 heavy (non-hydrogen) atoms. The number of ketones is 1.